The van der Waals surface area contributed by atoms with E-state index < -0.39 is 0 Å². The summed E-state index contributed by atoms with van der Waals surface area (Å²) < 4.78 is 0. The van der Waals surface area contributed by atoms with E-state index in [4.69, 9.17) is 23.2 Å². The second-order valence-electron chi connectivity index (χ2n) is 5.45. The van der Waals surface area contributed by atoms with Gasteiger partial charge in [0.15, 0.2) is 0 Å². The van der Waals surface area contributed by atoms with Crippen molar-refractivity contribution in [2.24, 2.45) is 0 Å². The normalized spacial score (nSPS) is 17.8. The van der Waals surface area contributed by atoms with Crippen LogP contribution in [0, 0.1) is 13.8 Å². The fourth-order valence-corrected chi connectivity index (χ4v) is 3.46. The molecule has 1 aromatic heterocycles. The number of hydrogen-bond acceptors (Lipinski definition) is 3. The van der Waals surface area contributed by atoms with Gasteiger partial charge in [0.2, 0.25) is 5.28 Å². The molecule has 1 aliphatic rings. The van der Waals surface area contributed by atoms with E-state index in [1.165, 1.54) is 11.1 Å². The number of aryl methyl sites for hydroxylation is 1. The predicted molar refractivity (Wildman–Crippen MR) is 87.4 cm³/mol. The lowest BCUT2D eigenvalue weighted by atomic mass is 9.93. The smallest absolute Gasteiger partial charge is 0.224 e. The van der Waals surface area contributed by atoms with Crippen molar-refractivity contribution >= 4 is 29.0 Å². The highest BCUT2D eigenvalue weighted by Gasteiger charge is 2.27. The molecule has 1 unspecified atom stereocenters. The van der Waals surface area contributed by atoms with Gasteiger partial charge in [-0.2, -0.15) is 0 Å². The topological polar surface area (TPSA) is 29.0 Å². The maximum atomic E-state index is 6.32. The molecule has 0 saturated heterocycles. The second-order valence-corrected chi connectivity index (χ2v) is 6.20. The lowest BCUT2D eigenvalue weighted by Crippen LogP contribution is -2.35. The Balaban J connectivity index is 2.07. The van der Waals surface area contributed by atoms with E-state index in [-0.39, 0.29) is 6.04 Å². The molecule has 0 N–H and O–H groups in total. The average Bonchev–Trinajstić information content (AvgIpc) is 2.44. The molecule has 0 amide bonds. The van der Waals surface area contributed by atoms with Crippen LogP contribution in [0.15, 0.2) is 18.2 Å². The molecule has 3 nitrogen and oxygen atoms in total. The minimum atomic E-state index is 0.219. The third-order valence-corrected chi connectivity index (χ3v) is 4.81. The monoisotopic (exact) mass is 321 g/mol. The van der Waals surface area contributed by atoms with Gasteiger partial charge in [0, 0.05) is 22.8 Å². The third-order valence-electron chi connectivity index (χ3n) is 4.28. The van der Waals surface area contributed by atoms with Crippen LogP contribution in [0.3, 0.4) is 0 Å². The van der Waals surface area contributed by atoms with E-state index in [0.717, 1.165) is 35.1 Å². The lowest BCUT2D eigenvalue weighted by molar-refractivity contribution is 0.614. The van der Waals surface area contributed by atoms with Crippen LogP contribution in [0.4, 0.5) is 5.82 Å². The van der Waals surface area contributed by atoms with Gasteiger partial charge in [-0.25, -0.2) is 9.97 Å². The van der Waals surface area contributed by atoms with Crippen molar-refractivity contribution in [2.75, 3.05) is 11.4 Å². The Labute approximate surface area is 134 Å². The van der Waals surface area contributed by atoms with Crippen LogP contribution in [0.25, 0.3) is 0 Å². The highest BCUT2D eigenvalue weighted by atomic mass is 35.5. The molecule has 110 valence electrons. The Morgan fingerprint density at radius 1 is 1.19 bits per heavy atom. The zero-order chi connectivity index (χ0) is 15.1. The number of anilines is 1. The number of halogens is 2. The van der Waals surface area contributed by atoms with Gasteiger partial charge in [0.25, 0.3) is 0 Å². The summed E-state index contributed by atoms with van der Waals surface area (Å²) in [6.07, 6.45) is 0.916. The van der Waals surface area contributed by atoms with Crippen LogP contribution in [0.5, 0.6) is 0 Å². The molecule has 3 rings (SSSR count). The predicted octanol–water partition coefficient (Wildman–Crippen LogP) is 4.52. The van der Waals surface area contributed by atoms with Gasteiger partial charge in [-0.05, 0) is 56.0 Å². The third kappa shape index (κ3) is 2.49. The van der Waals surface area contributed by atoms with Gasteiger partial charge in [0.1, 0.15) is 5.82 Å². The van der Waals surface area contributed by atoms with Gasteiger partial charge >= 0.3 is 0 Å². The zero-order valence-electron chi connectivity index (χ0n) is 12.3. The van der Waals surface area contributed by atoms with E-state index >= 15 is 0 Å². The van der Waals surface area contributed by atoms with Crippen molar-refractivity contribution in [2.45, 2.75) is 33.2 Å². The summed E-state index contributed by atoms with van der Waals surface area (Å²) in [7, 11) is 0. The van der Waals surface area contributed by atoms with Crippen molar-refractivity contribution in [1.82, 2.24) is 9.97 Å². The average molecular weight is 322 g/mol. The second kappa shape index (κ2) is 5.47. The summed E-state index contributed by atoms with van der Waals surface area (Å²) in [6.45, 7) is 7.07. The van der Waals surface area contributed by atoms with E-state index in [9.17, 15) is 0 Å². The summed E-state index contributed by atoms with van der Waals surface area (Å²) >= 11 is 12.4. The minimum Gasteiger partial charge on any atom is -0.349 e. The molecule has 0 aliphatic carbocycles. The first-order chi connectivity index (χ1) is 9.99. The molecule has 0 fully saturated rings. The Kier molecular flexibility index (Phi) is 3.80. The van der Waals surface area contributed by atoms with E-state index in [2.05, 4.69) is 27.9 Å². The van der Waals surface area contributed by atoms with Crippen molar-refractivity contribution in [3.05, 3.63) is 50.9 Å². The van der Waals surface area contributed by atoms with Crippen LogP contribution >= 0.6 is 23.2 Å². The lowest BCUT2D eigenvalue weighted by Gasteiger charge is -2.37. The summed E-state index contributed by atoms with van der Waals surface area (Å²) in [4.78, 5) is 11.0. The van der Waals surface area contributed by atoms with Crippen molar-refractivity contribution in [3.8, 4) is 0 Å². The summed E-state index contributed by atoms with van der Waals surface area (Å²) in [5.74, 6) is 0.922. The van der Waals surface area contributed by atoms with Crippen LogP contribution in [-0.4, -0.2) is 16.5 Å². The standard InChI is InChI=1S/C16H17Cl2N3/c1-9-10(2)19-16(18)20-15(9)21-8-7-13-12(11(21)3)5-4-6-14(13)17/h4-6,11H,7-8H2,1-3H3. The quantitative estimate of drug-likeness (QED) is 0.723. The molecule has 5 heteroatoms. The number of nitrogens with zero attached hydrogens (tertiary/aromatic N) is 3. The van der Waals surface area contributed by atoms with Gasteiger partial charge in [-0.15, -0.1) is 0 Å². The molecule has 2 aromatic rings. The molecule has 2 heterocycles. The van der Waals surface area contributed by atoms with Crippen molar-refractivity contribution in [1.29, 1.82) is 0 Å². The van der Waals surface area contributed by atoms with Crippen LogP contribution in [-0.2, 0) is 6.42 Å². The van der Waals surface area contributed by atoms with E-state index in [1.54, 1.807) is 0 Å². The Morgan fingerprint density at radius 2 is 1.95 bits per heavy atom. The van der Waals surface area contributed by atoms with E-state index in [0.29, 0.717) is 5.28 Å². The molecular weight excluding hydrogens is 305 g/mol. The first-order valence-corrected chi connectivity index (χ1v) is 7.79. The Bertz CT molecular complexity index is 700. The molecule has 1 aliphatic heterocycles. The van der Waals surface area contributed by atoms with Crippen LogP contribution in [0.1, 0.15) is 35.3 Å². The van der Waals surface area contributed by atoms with Crippen LogP contribution in [0.2, 0.25) is 10.3 Å². The molecule has 0 bridgehead atoms. The SMILES string of the molecule is Cc1nc(Cl)nc(N2CCc3c(Cl)cccc3C2C)c1C. The van der Waals surface area contributed by atoms with Gasteiger partial charge < -0.3 is 4.90 Å². The minimum absolute atomic E-state index is 0.219. The van der Waals surface area contributed by atoms with Crippen LogP contribution < -0.4 is 4.90 Å². The molecule has 0 radical (unpaired) electrons. The molecule has 21 heavy (non-hydrogen) atoms. The van der Waals surface area contributed by atoms with Crippen molar-refractivity contribution < 1.29 is 0 Å². The molecule has 1 aromatic carbocycles. The van der Waals surface area contributed by atoms with Gasteiger partial charge in [0.05, 0.1) is 6.04 Å². The zero-order valence-corrected chi connectivity index (χ0v) is 13.8. The maximum Gasteiger partial charge on any atom is 0.224 e. The maximum absolute atomic E-state index is 6.32. The highest BCUT2D eigenvalue weighted by Crippen LogP contribution is 2.37. The van der Waals surface area contributed by atoms with E-state index in [1.807, 2.05) is 26.0 Å². The molecule has 1 atom stereocenters. The number of fused-ring (bicyclic) bond motifs is 1. The number of hydrogen-bond donors (Lipinski definition) is 0. The molecule has 0 spiro atoms. The largest absolute Gasteiger partial charge is 0.349 e. The fraction of sp³-hybridized carbons (Fsp3) is 0.375. The highest BCUT2D eigenvalue weighted by molar-refractivity contribution is 6.31. The number of rotatable bonds is 1. The first-order valence-electron chi connectivity index (χ1n) is 7.03. The Hall–Kier alpha value is -1.32. The molecule has 0 saturated carbocycles. The summed E-state index contributed by atoms with van der Waals surface area (Å²) in [5, 5.41) is 1.16. The first kappa shape index (κ1) is 14.6. The van der Waals surface area contributed by atoms with Gasteiger partial charge in [-0.1, -0.05) is 23.7 Å². The summed E-state index contributed by atoms with van der Waals surface area (Å²) in [6, 6.07) is 6.33. The fourth-order valence-electron chi connectivity index (χ4n) is 2.97. The number of aromatic nitrogens is 2. The van der Waals surface area contributed by atoms with Gasteiger partial charge in [-0.3, -0.25) is 0 Å². The molecular formula is C16H17Cl2N3. The summed E-state index contributed by atoms with van der Waals surface area (Å²) in [5.41, 5.74) is 4.52. The Morgan fingerprint density at radius 3 is 2.71 bits per heavy atom. The number of benzene rings is 1. The van der Waals surface area contributed by atoms with Crippen molar-refractivity contribution in [3.63, 3.8) is 0 Å².